The molecule has 1 saturated heterocycles. The maximum Gasteiger partial charge on any atom is 0.244 e. The highest BCUT2D eigenvalue weighted by molar-refractivity contribution is 8.00. The van der Waals surface area contributed by atoms with Gasteiger partial charge in [-0.2, -0.15) is 4.31 Å². The normalized spacial score (nSPS) is 19.5. The summed E-state index contributed by atoms with van der Waals surface area (Å²) in [6.45, 7) is 4.44. The van der Waals surface area contributed by atoms with Gasteiger partial charge in [0.2, 0.25) is 15.9 Å². The van der Waals surface area contributed by atoms with Crippen molar-refractivity contribution in [1.29, 1.82) is 0 Å². The molecule has 0 radical (unpaired) electrons. The number of nitrogens with one attached hydrogen (secondary N) is 1. The molecule has 122 valence electrons. The van der Waals surface area contributed by atoms with Gasteiger partial charge in [-0.15, -0.1) is 11.8 Å². The van der Waals surface area contributed by atoms with Crippen LogP contribution in [0.1, 0.15) is 13.8 Å². The lowest BCUT2D eigenvalue weighted by Crippen LogP contribution is -2.47. The summed E-state index contributed by atoms with van der Waals surface area (Å²) in [5.41, 5.74) is 0. The summed E-state index contributed by atoms with van der Waals surface area (Å²) >= 11 is 1.39. The predicted molar refractivity (Wildman–Crippen MR) is 84.4 cm³/mol. The van der Waals surface area contributed by atoms with Gasteiger partial charge in [-0.1, -0.05) is 13.8 Å². The molecule has 0 unspecified atom stereocenters. The number of sulfonamides is 1. The van der Waals surface area contributed by atoms with Crippen LogP contribution in [-0.2, 0) is 14.8 Å². The second-order valence-electron chi connectivity index (χ2n) is 5.50. The summed E-state index contributed by atoms with van der Waals surface area (Å²) in [6, 6.07) is 3.92. The lowest BCUT2D eigenvalue weighted by atomic mass is 10.2. The molecule has 0 saturated carbocycles. The summed E-state index contributed by atoms with van der Waals surface area (Å²) in [5.74, 6) is 0.148. The van der Waals surface area contributed by atoms with Gasteiger partial charge >= 0.3 is 0 Å². The van der Waals surface area contributed by atoms with Crippen LogP contribution < -0.4 is 5.32 Å². The van der Waals surface area contributed by atoms with Gasteiger partial charge in [0.25, 0.3) is 0 Å². The van der Waals surface area contributed by atoms with E-state index < -0.39 is 21.9 Å². The molecule has 0 aliphatic carbocycles. The molecular formula is C14H19FN2O3S2. The Morgan fingerprint density at radius 2 is 2.05 bits per heavy atom. The predicted octanol–water partition coefficient (Wildman–Crippen LogP) is 1.66. The van der Waals surface area contributed by atoms with Gasteiger partial charge in [0, 0.05) is 12.3 Å². The van der Waals surface area contributed by atoms with Gasteiger partial charge in [-0.3, -0.25) is 4.79 Å². The smallest absolute Gasteiger partial charge is 0.244 e. The van der Waals surface area contributed by atoms with Crippen LogP contribution in [0.25, 0.3) is 0 Å². The Hall–Kier alpha value is -1.12. The van der Waals surface area contributed by atoms with Gasteiger partial charge < -0.3 is 5.32 Å². The van der Waals surface area contributed by atoms with Gasteiger partial charge in [-0.25, -0.2) is 12.8 Å². The molecule has 1 aromatic rings. The standard InChI is InChI=1S/C14H19FN2O3S2/c1-10(2)7-16-14(18)13-8-21-9-17(13)22(19,20)12-5-3-11(15)4-6-12/h3-6,10,13H,7-9H2,1-2H3,(H,16,18)/t13-/m0/s1. The molecule has 1 aliphatic rings. The van der Waals surface area contributed by atoms with Crippen LogP contribution in [-0.4, -0.2) is 42.8 Å². The van der Waals surface area contributed by atoms with Gasteiger partial charge in [0.1, 0.15) is 11.9 Å². The van der Waals surface area contributed by atoms with Crippen molar-refractivity contribution in [2.45, 2.75) is 24.8 Å². The first kappa shape index (κ1) is 17.2. The Morgan fingerprint density at radius 1 is 1.41 bits per heavy atom. The number of rotatable bonds is 5. The number of carbonyl (C=O) groups excluding carboxylic acids is 1. The first-order chi connectivity index (χ1) is 10.3. The maximum atomic E-state index is 13.0. The average Bonchev–Trinajstić information content (AvgIpc) is 2.95. The fourth-order valence-electron chi connectivity index (χ4n) is 2.04. The fraction of sp³-hybridized carbons (Fsp3) is 0.500. The van der Waals surface area contributed by atoms with Crippen molar-refractivity contribution in [3.8, 4) is 0 Å². The highest BCUT2D eigenvalue weighted by Crippen LogP contribution is 2.28. The highest BCUT2D eigenvalue weighted by Gasteiger charge is 2.39. The largest absolute Gasteiger partial charge is 0.354 e. The first-order valence-corrected chi connectivity index (χ1v) is 9.54. The molecule has 1 aliphatic heterocycles. The van der Waals surface area contributed by atoms with Crippen molar-refractivity contribution in [2.75, 3.05) is 18.2 Å². The molecule has 0 bridgehead atoms. The second-order valence-corrected chi connectivity index (χ2v) is 8.39. The van der Waals surface area contributed by atoms with E-state index >= 15 is 0 Å². The number of thioether (sulfide) groups is 1. The number of benzene rings is 1. The molecule has 8 heteroatoms. The summed E-state index contributed by atoms with van der Waals surface area (Å²) in [5, 5.41) is 2.77. The fourth-order valence-corrected chi connectivity index (χ4v) is 5.18. The molecule has 1 heterocycles. The third kappa shape index (κ3) is 3.80. The van der Waals surface area contributed by atoms with Crippen LogP contribution in [0.4, 0.5) is 4.39 Å². The number of hydrogen-bond donors (Lipinski definition) is 1. The van der Waals surface area contributed by atoms with Crippen LogP contribution in [0, 0.1) is 11.7 Å². The zero-order valence-corrected chi connectivity index (χ0v) is 14.1. The molecular weight excluding hydrogens is 327 g/mol. The highest BCUT2D eigenvalue weighted by atomic mass is 32.2. The number of carbonyl (C=O) groups is 1. The zero-order chi connectivity index (χ0) is 16.3. The third-order valence-corrected chi connectivity index (χ3v) is 6.29. The number of amides is 1. The van der Waals surface area contributed by atoms with E-state index in [0.717, 1.165) is 12.1 Å². The van der Waals surface area contributed by atoms with E-state index in [0.29, 0.717) is 18.2 Å². The van der Waals surface area contributed by atoms with E-state index in [1.54, 1.807) is 0 Å². The average molecular weight is 346 g/mol. The van der Waals surface area contributed by atoms with Gasteiger partial charge in [-0.05, 0) is 30.2 Å². The van der Waals surface area contributed by atoms with E-state index in [1.807, 2.05) is 13.8 Å². The van der Waals surface area contributed by atoms with Crippen molar-refractivity contribution in [2.24, 2.45) is 5.92 Å². The van der Waals surface area contributed by atoms with E-state index in [4.69, 9.17) is 0 Å². The summed E-state index contributed by atoms with van der Waals surface area (Å²) in [4.78, 5) is 12.2. The molecule has 0 aromatic heterocycles. The SMILES string of the molecule is CC(C)CNC(=O)[C@@H]1CSCN1S(=O)(=O)c1ccc(F)cc1. The minimum Gasteiger partial charge on any atom is -0.354 e. The lowest BCUT2D eigenvalue weighted by Gasteiger charge is -2.23. The monoisotopic (exact) mass is 346 g/mol. The topological polar surface area (TPSA) is 66.5 Å². The van der Waals surface area contributed by atoms with Crippen molar-refractivity contribution in [3.63, 3.8) is 0 Å². The molecule has 1 atom stereocenters. The molecule has 0 spiro atoms. The van der Waals surface area contributed by atoms with Gasteiger partial charge in [0.15, 0.2) is 0 Å². The Labute approximate surface area is 134 Å². The van der Waals surface area contributed by atoms with Crippen LogP contribution in [0.3, 0.4) is 0 Å². The van der Waals surface area contributed by atoms with Crippen molar-refractivity contribution < 1.29 is 17.6 Å². The minimum atomic E-state index is -3.80. The zero-order valence-electron chi connectivity index (χ0n) is 12.5. The van der Waals surface area contributed by atoms with E-state index in [9.17, 15) is 17.6 Å². The number of halogens is 1. The van der Waals surface area contributed by atoms with Crippen LogP contribution in [0.15, 0.2) is 29.2 Å². The van der Waals surface area contributed by atoms with E-state index in [1.165, 1.54) is 28.2 Å². The Balaban J connectivity index is 2.18. The van der Waals surface area contributed by atoms with Gasteiger partial charge in [0.05, 0.1) is 10.8 Å². The van der Waals surface area contributed by atoms with E-state index in [-0.39, 0.29) is 16.7 Å². The summed E-state index contributed by atoms with van der Waals surface area (Å²) in [6.07, 6.45) is 0. The van der Waals surface area contributed by atoms with E-state index in [2.05, 4.69) is 5.32 Å². The Morgan fingerprint density at radius 3 is 2.64 bits per heavy atom. The summed E-state index contributed by atoms with van der Waals surface area (Å²) < 4.78 is 39.4. The van der Waals surface area contributed by atoms with Crippen molar-refractivity contribution >= 4 is 27.7 Å². The lowest BCUT2D eigenvalue weighted by molar-refractivity contribution is -0.123. The molecule has 1 N–H and O–H groups in total. The maximum absolute atomic E-state index is 13.0. The molecule has 1 aromatic carbocycles. The van der Waals surface area contributed by atoms with Crippen LogP contribution in [0.5, 0.6) is 0 Å². The molecule has 1 fully saturated rings. The number of hydrogen-bond acceptors (Lipinski definition) is 4. The van der Waals surface area contributed by atoms with Crippen molar-refractivity contribution in [1.82, 2.24) is 9.62 Å². The third-order valence-electron chi connectivity index (χ3n) is 3.25. The molecule has 5 nitrogen and oxygen atoms in total. The Kier molecular flexibility index (Phi) is 5.46. The van der Waals surface area contributed by atoms with Crippen LogP contribution in [0.2, 0.25) is 0 Å². The molecule has 22 heavy (non-hydrogen) atoms. The number of nitrogens with zero attached hydrogens (tertiary/aromatic N) is 1. The minimum absolute atomic E-state index is 0.00180. The second kappa shape index (κ2) is 6.97. The Bertz CT molecular complexity index is 632. The summed E-state index contributed by atoms with van der Waals surface area (Å²) in [7, 11) is -3.80. The first-order valence-electron chi connectivity index (χ1n) is 6.95. The molecule has 2 rings (SSSR count). The van der Waals surface area contributed by atoms with Crippen molar-refractivity contribution in [3.05, 3.63) is 30.1 Å². The van der Waals surface area contributed by atoms with Crippen LogP contribution >= 0.6 is 11.8 Å². The molecule has 1 amide bonds. The quantitative estimate of drug-likeness (QED) is 0.881.